The summed E-state index contributed by atoms with van der Waals surface area (Å²) in [7, 11) is 0. The van der Waals surface area contributed by atoms with Crippen LogP contribution in [0.25, 0.3) is 10.6 Å². The molecule has 32 heavy (non-hydrogen) atoms. The number of aliphatic hydroxyl groups excluding tert-OH is 1. The van der Waals surface area contributed by atoms with Crippen molar-refractivity contribution >= 4 is 29.1 Å². The molecule has 1 aliphatic carbocycles. The number of hydrogen-bond donors (Lipinski definition) is 3. The third-order valence-corrected chi connectivity index (χ3v) is 7.15. The number of carbonyl (C=O) groups excluding carboxylic acids is 2. The summed E-state index contributed by atoms with van der Waals surface area (Å²) in [4.78, 5) is 43.9. The van der Waals surface area contributed by atoms with Gasteiger partial charge in [-0.25, -0.2) is 4.98 Å². The van der Waals surface area contributed by atoms with Crippen LogP contribution in [0.5, 0.6) is 0 Å². The fourth-order valence-corrected chi connectivity index (χ4v) is 5.50. The molecule has 1 fully saturated rings. The van der Waals surface area contributed by atoms with Crippen molar-refractivity contribution in [2.75, 3.05) is 6.54 Å². The summed E-state index contributed by atoms with van der Waals surface area (Å²) in [6.07, 6.45) is 6.39. The minimum Gasteiger partial charge on any atom is -0.511 e. The van der Waals surface area contributed by atoms with Crippen molar-refractivity contribution in [1.82, 2.24) is 15.2 Å². The van der Waals surface area contributed by atoms with Gasteiger partial charge in [-0.3, -0.25) is 14.4 Å². The average molecular weight is 456 g/mol. The number of nitrogens with zero attached hydrogens (tertiary/aromatic N) is 2. The molecule has 0 atom stereocenters. The maximum absolute atomic E-state index is 13.5. The molecule has 8 nitrogen and oxygen atoms in total. The molecule has 2 aromatic rings. The number of thiazole rings is 1. The van der Waals surface area contributed by atoms with Crippen molar-refractivity contribution in [1.29, 1.82) is 0 Å². The van der Waals surface area contributed by atoms with Crippen molar-refractivity contribution in [2.24, 2.45) is 0 Å². The van der Waals surface area contributed by atoms with E-state index in [1.54, 1.807) is 11.1 Å². The predicted molar refractivity (Wildman–Crippen MR) is 119 cm³/mol. The van der Waals surface area contributed by atoms with E-state index in [-0.39, 0.29) is 24.3 Å². The van der Waals surface area contributed by atoms with Gasteiger partial charge in [0.05, 0.1) is 12.1 Å². The number of aliphatic carboxylic acids is 1. The molecule has 0 bridgehead atoms. The monoisotopic (exact) mass is 455 g/mol. The average Bonchev–Trinajstić information content (AvgIpc) is 3.25. The van der Waals surface area contributed by atoms with Gasteiger partial charge < -0.3 is 20.4 Å². The molecule has 4 rings (SSSR count). The quantitative estimate of drug-likeness (QED) is 0.575. The van der Waals surface area contributed by atoms with Crippen LogP contribution in [0.4, 0.5) is 0 Å². The molecular formula is C23H25N3O5S. The van der Waals surface area contributed by atoms with Gasteiger partial charge in [0.15, 0.2) is 0 Å². The topological polar surface area (TPSA) is 120 Å². The van der Waals surface area contributed by atoms with Gasteiger partial charge >= 0.3 is 5.97 Å². The Kier molecular flexibility index (Phi) is 6.27. The van der Waals surface area contributed by atoms with Gasteiger partial charge in [0.1, 0.15) is 22.9 Å². The van der Waals surface area contributed by atoms with Crippen LogP contribution >= 0.6 is 11.3 Å². The zero-order valence-corrected chi connectivity index (χ0v) is 18.4. The Bertz CT molecular complexity index is 1060. The molecular weight excluding hydrogens is 430 g/mol. The molecule has 9 heteroatoms. The van der Waals surface area contributed by atoms with Crippen LogP contribution < -0.4 is 5.32 Å². The van der Waals surface area contributed by atoms with Gasteiger partial charge in [-0.15, -0.1) is 11.3 Å². The van der Waals surface area contributed by atoms with Crippen molar-refractivity contribution in [3.05, 3.63) is 52.7 Å². The summed E-state index contributed by atoms with van der Waals surface area (Å²) in [5.41, 5.74) is 0.0787. The fourth-order valence-electron chi connectivity index (χ4n) is 4.59. The molecule has 0 unspecified atom stereocenters. The number of amides is 2. The summed E-state index contributed by atoms with van der Waals surface area (Å²) < 4.78 is 0. The molecule has 2 amide bonds. The van der Waals surface area contributed by atoms with Crippen molar-refractivity contribution in [3.8, 4) is 10.6 Å². The molecule has 3 N–H and O–H groups in total. The highest BCUT2D eigenvalue weighted by molar-refractivity contribution is 7.15. The Morgan fingerprint density at radius 2 is 1.88 bits per heavy atom. The van der Waals surface area contributed by atoms with Crippen molar-refractivity contribution < 1.29 is 24.6 Å². The summed E-state index contributed by atoms with van der Waals surface area (Å²) in [6, 6.07) is 9.77. The Morgan fingerprint density at radius 1 is 1.16 bits per heavy atom. The molecule has 1 aromatic carbocycles. The molecule has 2 heterocycles. The number of carbonyl (C=O) groups is 3. The lowest BCUT2D eigenvalue weighted by Crippen LogP contribution is -2.57. The van der Waals surface area contributed by atoms with Gasteiger partial charge in [-0.1, -0.05) is 49.6 Å². The van der Waals surface area contributed by atoms with Gasteiger partial charge in [-0.2, -0.15) is 0 Å². The minimum absolute atomic E-state index is 0.193. The van der Waals surface area contributed by atoms with Crippen molar-refractivity contribution in [3.63, 3.8) is 0 Å². The Morgan fingerprint density at radius 3 is 2.56 bits per heavy atom. The fraction of sp³-hybridized carbons (Fsp3) is 0.391. The largest absolute Gasteiger partial charge is 0.511 e. The normalized spacial score (nSPS) is 18.1. The minimum atomic E-state index is -1.22. The highest BCUT2D eigenvalue weighted by atomic mass is 32.1. The molecule has 1 aliphatic heterocycles. The second-order valence-corrected chi connectivity index (χ2v) is 9.36. The summed E-state index contributed by atoms with van der Waals surface area (Å²) in [5.74, 6) is -2.90. The highest BCUT2D eigenvalue weighted by Crippen LogP contribution is 2.43. The lowest BCUT2D eigenvalue weighted by atomic mass is 9.74. The van der Waals surface area contributed by atoms with E-state index in [2.05, 4.69) is 10.3 Å². The second kappa shape index (κ2) is 9.12. The van der Waals surface area contributed by atoms with Crippen LogP contribution in [-0.2, 0) is 20.9 Å². The first kappa shape index (κ1) is 22.0. The number of nitrogens with one attached hydrogen (secondary N) is 1. The first-order chi connectivity index (χ1) is 15.4. The van der Waals surface area contributed by atoms with Gasteiger partial charge in [0, 0.05) is 23.1 Å². The van der Waals surface area contributed by atoms with E-state index < -0.39 is 29.9 Å². The standard InChI is InChI=1S/C23H25N3O5S/c27-17-11-23(9-5-2-6-10-23)26(22(31)19(17)20(30)24-13-18(28)29)14-16-12-25-21(32-16)15-7-3-1-4-8-15/h1,3-4,7-8,12,27H,2,5-6,9-11,13-14H2,(H,24,30)(H,28,29). The van der Waals surface area contributed by atoms with E-state index >= 15 is 0 Å². The van der Waals surface area contributed by atoms with Crippen LogP contribution in [0, 0.1) is 0 Å². The summed E-state index contributed by atoms with van der Waals surface area (Å²) >= 11 is 1.49. The van der Waals surface area contributed by atoms with E-state index in [9.17, 15) is 19.5 Å². The maximum Gasteiger partial charge on any atom is 0.322 e. The highest BCUT2D eigenvalue weighted by Gasteiger charge is 2.48. The molecule has 1 aromatic heterocycles. The predicted octanol–water partition coefficient (Wildman–Crippen LogP) is 3.26. The van der Waals surface area contributed by atoms with Crippen molar-refractivity contribution in [2.45, 2.75) is 50.6 Å². The number of aromatic nitrogens is 1. The lowest BCUT2D eigenvalue weighted by Gasteiger charge is -2.49. The zero-order chi connectivity index (χ0) is 22.7. The van der Waals surface area contributed by atoms with Crippen LogP contribution in [-0.4, -0.2) is 50.0 Å². The third kappa shape index (κ3) is 4.38. The van der Waals surface area contributed by atoms with Gasteiger partial charge in [-0.05, 0) is 12.8 Å². The zero-order valence-electron chi connectivity index (χ0n) is 17.5. The van der Waals surface area contributed by atoms with E-state index in [0.29, 0.717) is 0 Å². The third-order valence-electron chi connectivity index (χ3n) is 6.12. The molecule has 2 aliphatic rings. The first-order valence-electron chi connectivity index (χ1n) is 10.6. The lowest BCUT2D eigenvalue weighted by molar-refractivity contribution is -0.142. The van der Waals surface area contributed by atoms with E-state index in [1.165, 1.54) is 11.3 Å². The molecule has 1 saturated carbocycles. The molecule has 0 radical (unpaired) electrons. The smallest absolute Gasteiger partial charge is 0.322 e. The van der Waals surface area contributed by atoms with E-state index in [4.69, 9.17) is 5.11 Å². The Hall–Kier alpha value is -3.20. The Labute approximate surface area is 189 Å². The number of rotatable bonds is 6. The molecule has 1 spiro atoms. The van der Waals surface area contributed by atoms with Crippen LogP contribution in [0.2, 0.25) is 0 Å². The molecule has 0 saturated heterocycles. The number of aliphatic hydroxyl groups is 1. The summed E-state index contributed by atoms with van der Waals surface area (Å²) in [6.45, 7) is -0.338. The van der Waals surface area contributed by atoms with Gasteiger partial charge in [0.2, 0.25) is 0 Å². The number of benzene rings is 1. The van der Waals surface area contributed by atoms with E-state index in [1.807, 2.05) is 30.3 Å². The number of carboxylic acid groups (broad SMARTS) is 1. The molecule has 168 valence electrons. The number of hydrogen-bond acceptors (Lipinski definition) is 6. The van der Waals surface area contributed by atoms with Crippen LogP contribution in [0.15, 0.2) is 47.9 Å². The van der Waals surface area contributed by atoms with Gasteiger partial charge in [0.25, 0.3) is 11.8 Å². The maximum atomic E-state index is 13.5. The first-order valence-corrected chi connectivity index (χ1v) is 11.5. The summed E-state index contributed by atoms with van der Waals surface area (Å²) in [5, 5.41) is 22.5. The van der Waals surface area contributed by atoms with E-state index in [0.717, 1.165) is 47.6 Å². The SMILES string of the molecule is O=C(O)CNC(=O)C1=C(O)CC2(CCCCC2)N(Cc2cnc(-c3ccccc3)s2)C1=O. The Balaban J connectivity index is 1.63. The number of carboxylic acids is 1. The van der Waals surface area contributed by atoms with Crippen LogP contribution in [0.3, 0.4) is 0 Å². The van der Waals surface area contributed by atoms with Crippen LogP contribution in [0.1, 0.15) is 43.4 Å². The second-order valence-electron chi connectivity index (χ2n) is 8.25.